The summed E-state index contributed by atoms with van der Waals surface area (Å²) < 4.78 is 7.15. The maximum absolute atomic E-state index is 13.2. The van der Waals surface area contributed by atoms with Gasteiger partial charge in [0.2, 0.25) is 0 Å². The summed E-state index contributed by atoms with van der Waals surface area (Å²) in [6, 6.07) is 26.4. The van der Waals surface area contributed by atoms with Gasteiger partial charge in [0, 0.05) is 63.4 Å². The van der Waals surface area contributed by atoms with E-state index < -0.39 is 0 Å². The zero-order valence-electron chi connectivity index (χ0n) is 20.1. The van der Waals surface area contributed by atoms with Crippen LogP contribution < -0.4 is 5.56 Å². The van der Waals surface area contributed by atoms with Crippen molar-refractivity contribution in [2.75, 3.05) is 32.7 Å². The summed E-state index contributed by atoms with van der Waals surface area (Å²) in [5.41, 5.74) is 3.88. The Kier molecular flexibility index (Phi) is 7.51. The number of rotatable bonds is 9. The summed E-state index contributed by atoms with van der Waals surface area (Å²) >= 11 is 0. The molecule has 35 heavy (non-hydrogen) atoms. The molecular weight excluding hydrogens is 436 g/mol. The Morgan fingerprint density at radius 1 is 0.800 bits per heavy atom. The van der Waals surface area contributed by atoms with Gasteiger partial charge in [-0.15, -0.1) is 0 Å². The molecule has 5 rings (SSSR count). The van der Waals surface area contributed by atoms with Crippen LogP contribution in [0.2, 0.25) is 0 Å². The molecule has 0 unspecified atom stereocenters. The summed E-state index contributed by atoms with van der Waals surface area (Å²) in [5.74, 6) is 0.784. The van der Waals surface area contributed by atoms with Gasteiger partial charge in [0.25, 0.3) is 5.56 Å². The van der Waals surface area contributed by atoms with Crippen LogP contribution in [0, 0.1) is 0 Å². The lowest BCUT2D eigenvalue weighted by atomic mass is 10.1. The minimum Gasteiger partial charge on any atom is -0.469 e. The average Bonchev–Trinajstić information content (AvgIpc) is 3.41. The second-order valence-electron chi connectivity index (χ2n) is 9.16. The van der Waals surface area contributed by atoms with Crippen molar-refractivity contribution in [3.8, 4) is 11.3 Å². The molecule has 1 saturated heterocycles. The highest BCUT2D eigenvalue weighted by Crippen LogP contribution is 2.18. The van der Waals surface area contributed by atoms with E-state index >= 15 is 0 Å². The summed E-state index contributed by atoms with van der Waals surface area (Å²) in [6.45, 7) is 6.85. The number of furan rings is 1. The van der Waals surface area contributed by atoms with Crippen LogP contribution in [0.15, 0.2) is 94.3 Å². The van der Waals surface area contributed by atoms with E-state index in [2.05, 4.69) is 40.1 Å². The van der Waals surface area contributed by atoms with Crippen LogP contribution in [-0.2, 0) is 19.5 Å². The minimum absolute atomic E-state index is 0.0336. The lowest BCUT2D eigenvalue weighted by Gasteiger charge is -2.34. The van der Waals surface area contributed by atoms with Crippen molar-refractivity contribution >= 4 is 0 Å². The number of hydrogen-bond acceptors (Lipinski definition) is 5. The Hall–Kier alpha value is -3.48. The number of aromatic nitrogens is 2. The van der Waals surface area contributed by atoms with E-state index in [-0.39, 0.29) is 5.56 Å². The summed E-state index contributed by atoms with van der Waals surface area (Å²) in [4.78, 5) is 18.2. The van der Waals surface area contributed by atoms with E-state index in [1.807, 2.05) is 48.5 Å². The molecule has 1 fully saturated rings. The van der Waals surface area contributed by atoms with Crippen molar-refractivity contribution < 1.29 is 4.42 Å². The predicted octanol–water partition coefficient (Wildman–Crippen LogP) is 4.30. The Balaban J connectivity index is 1.21. The highest BCUT2D eigenvalue weighted by Gasteiger charge is 2.17. The molecule has 2 aromatic heterocycles. The maximum Gasteiger partial charge on any atom is 0.270 e. The molecular formula is C29H32N4O2. The van der Waals surface area contributed by atoms with Gasteiger partial charge in [-0.05, 0) is 30.2 Å². The van der Waals surface area contributed by atoms with Gasteiger partial charge < -0.3 is 9.32 Å². The Morgan fingerprint density at radius 2 is 1.51 bits per heavy atom. The smallest absolute Gasteiger partial charge is 0.270 e. The fourth-order valence-corrected chi connectivity index (χ4v) is 4.68. The standard InChI is InChI=1S/C29H32N4O2/c34-29-26(21-27-13-7-20-35-27)22-28(25-11-5-2-6-12-25)30-33(29)15-8-14-31-16-18-32(19-17-31)23-24-9-3-1-4-10-24/h1-7,9-13,20,22H,8,14-19,21,23H2. The summed E-state index contributed by atoms with van der Waals surface area (Å²) in [6.07, 6.45) is 3.01. The Labute approximate surface area is 206 Å². The van der Waals surface area contributed by atoms with Crippen LogP contribution in [0.4, 0.5) is 0 Å². The molecule has 0 radical (unpaired) electrons. The molecule has 1 aliphatic heterocycles. The molecule has 2 aromatic carbocycles. The fraction of sp³-hybridized carbons (Fsp3) is 0.310. The molecule has 180 valence electrons. The van der Waals surface area contributed by atoms with E-state index in [1.165, 1.54) is 5.56 Å². The molecule has 0 N–H and O–H groups in total. The number of aryl methyl sites for hydroxylation is 1. The van der Waals surface area contributed by atoms with Crippen LogP contribution in [0.5, 0.6) is 0 Å². The molecule has 0 spiro atoms. The first kappa shape index (κ1) is 23.3. The molecule has 0 aliphatic carbocycles. The molecule has 0 bridgehead atoms. The zero-order chi connectivity index (χ0) is 23.9. The topological polar surface area (TPSA) is 54.5 Å². The van der Waals surface area contributed by atoms with Crippen molar-refractivity contribution in [3.05, 3.63) is 112 Å². The molecule has 6 heteroatoms. The van der Waals surface area contributed by atoms with Gasteiger partial charge >= 0.3 is 0 Å². The highest BCUT2D eigenvalue weighted by atomic mass is 16.3. The van der Waals surface area contributed by atoms with Crippen LogP contribution in [-0.4, -0.2) is 52.3 Å². The Morgan fingerprint density at radius 3 is 2.23 bits per heavy atom. The van der Waals surface area contributed by atoms with Crippen molar-refractivity contribution in [1.82, 2.24) is 19.6 Å². The lowest BCUT2D eigenvalue weighted by Crippen LogP contribution is -2.46. The van der Waals surface area contributed by atoms with Gasteiger partial charge in [0.1, 0.15) is 5.76 Å². The van der Waals surface area contributed by atoms with Gasteiger partial charge in [-0.2, -0.15) is 5.10 Å². The lowest BCUT2D eigenvalue weighted by molar-refractivity contribution is 0.124. The SMILES string of the molecule is O=c1c(Cc2ccco2)cc(-c2ccccc2)nn1CCCN1CCN(Cc2ccccc2)CC1. The molecule has 1 aliphatic rings. The summed E-state index contributed by atoms with van der Waals surface area (Å²) in [5, 5.41) is 4.72. The third-order valence-corrected chi connectivity index (χ3v) is 6.62. The van der Waals surface area contributed by atoms with E-state index in [0.29, 0.717) is 18.5 Å². The normalized spacial score (nSPS) is 14.9. The second kappa shape index (κ2) is 11.3. The van der Waals surface area contributed by atoms with Gasteiger partial charge in [0.15, 0.2) is 0 Å². The van der Waals surface area contributed by atoms with Crippen molar-refractivity contribution in [2.24, 2.45) is 0 Å². The van der Waals surface area contributed by atoms with Crippen LogP contribution in [0.25, 0.3) is 11.3 Å². The van der Waals surface area contributed by atoms with Gasteiger partial charge in [-0.1, -0.05) is 60.7 Å². The van der Waals surface area contributed by atoms with Crippen molar-refractivity contribution in [1.29, 1.82) is 0 Å². The van der Waals surface area contributed by atoms with Crippen LogP contribution >= 0.6 is 0 Å². The van der Waals surface area contributed by atoms with Crippen molar-refractivity contribution in [2.45, 2.75) is 25.9 Å². The third-order valence-electron chi connectivity index (χ3n) is 6.62. The fourth-order valence-electron chi connectivity index (χ4n) is 4.68. The molecule has 0 atom stereocenters. The minimum atomic E-state index is -0.0336. The van der Waals surface area contributed by atoms with Gasteiger partial charge in [-0.25, -0.2) is 4.68 Å². The van der Waals surface area contributed by atoms with Crippen LogP contribution in [0.3, 0.4) is 0 Å². The number of hydrogen-bond donors (Lipinski definition) is 0. The molecule has 0 amide bonds. The number of piperazine rings is 1. The zero-order valence-corrected chi connectivity index (χ0v) is 20.1. The van der Waals surface area contributed by atoms with E-state index in [9.17, 15) is 4.79 Å². The third kappa shape index (κ3) is 6.15. The predicted molar refractivity (Wildman–Crippen MR) is 138 cm³/mol. The largest absolute Gasteiger partial charge is 0.469 e. The van der Waals surface area contributed by atoms with E-state index in [1.54, 1.807) is 10.9 Å². The first-order valence-electron chi connectivity index (χ1n) is 12.4. The monoisotopic (exact) mass is 468 g/mol. The molecule has 4 aromatic rings. The van der Waals surface area contributed by atoms with Crippen molar-refractivity contribution in [3.63, 3.8) is 0 Å². The first-order valence-corrected chi connectivity index (χ1v) is 12.4. The number of nitrogens with zero attached hydrogens (tertiary/aromatic N) is 4. The van der Waals surface area contributed by atoms with E-state index in [0.717, 1.165) is 62.7 Å². The first-order chi connectivity index (χ1) is 17.2. The summed E-state index contributed by atoms with van der Waals surface area (Å²) in [7, 11) is 0. The average molecular weight is 469 g/mol. The molecule has 0 saturated carbocycles. The van der Waals surface area contributed by atoms with Gasteiger partial charge in [-0.3, -0.25) is 9.69 Å². The van der Waals surface area contributed by atoms with Gasteiger partial charge in [0.05, 0.1) is 12.0 Å². The maximum atomic E-state index is 13.2. The highest BCUT2D eigenvalue weighted by molar-refractivity contribution is 5.59. The molecule has 6 nitrogen and oxygen atoms in total. The van der Waals surface area contributed by atoms with Crippen LogP contribution in [0.1, 0.15) is 23.3 Å². The second-order valence-corrected chi connectivity index (χ2v) is 9.16. The number of benzene rings is 2. The molecule has 3 heterocycles. The quantitative estimate of drug-likeness (QED) is 0.367. The Bertz CT molecular complexity index is 1250. The van der Waals surface area contributed by atoms with E-state index in [4.69, 9.17) is 9.52 Å².